The summed E-state index contributed by atoms with van der Waals surface area (Å²) in [5.74, 6) is 0.606. The van der Waals surface area contributed by atoms with Gasteiger partial charge in [0.2, 0.25) is 11.8 Å². The summed E-state index contributed by atoms with van der Waals surface area (Å²) in [5, 5.41) is 3.98. The van der Waals surface area contributed by atoms with Crippen LogP contribution in [0.3, 0.4) is 0 Å². The maximum Gasteiger partial charge on any atom is 0.227 e. The summed E-state index contributed by atoms with van der Waals surface area (Å²) < 4.78 is 5.89. The van der Waals surface area contributed by atoms with Crippen molar-refractivity contribution in [2.45, 2.75) is 32.2 Å². The molecule has 0 saturated carbocycles. The van der Waals surface area contributed by atoms with Gasteiger partial charge in [-0.1, -0.05) is 36.4 Å². The van der Waals surface area contributed by atoms with Crippen LogP contribution < -0.4 is 5.32 Å². The molecular formula is C23H24N2O3. The van der Waals surface area contributed by atoms with Gasteiger partial charge in [-0.05, 0) is 43.5 Å². The summed E-state index contributed by atoms with van der Waals surface area (Å²) in [6.07, 6.45) is 1.55. The normalized spacial score (nSPS) is 17.1. The molecular weight excluding hydrogens is 352 g/mol. The molecule has 1 aliphatic heterocycles. The van der Waals surface area contributed by atoms with Gasteiger partial charge in [-0.25, -0.2) is 0 Å². The van der Waals surface area contributed by atoms with Crippen LogP contribution >= 0.6 is 0 Å². The number of nitrogens with zero attached hydrogens (tertiary/aromatic N) is 1. The number of furan rings is 1. The Labute approximate surface area is 164 Å². The van der Waals surface area contributed by atoms with Gasteiger partial charge in [-0.2, -0.15) is 0 Å². The van der Waals surface area contributed by atoms with E-state index in [9.17, 15) is 9.59 Å². The zero-order chi connectivity index (χ0) is 19.7. The van der Waals surface area contributed by atoms with Gasteiger partial charge in [0.05, 0.1) is 6.04 Å². The molecule has 2 atom stereocenters. The summed E-state index contributed by atoms with van der Waals surface area (Å²) >= 11 is 0. The highest BCUT2D eigenvalue weighted by molar-refractivity contribution is 5.96. The molecule has 5 nitrogen and oxygen atoms in total. The van der Waals surface area contributed by atoms with Crippen molar-refractivity contribution >= 4 is 28.5 Å². The zero-order valence-electron chi connectivity index (χ0n) is 16.1. The third-order valence-corrected chi connectivity index (χ3v) is 5.65. The van der Waals surface area contributed by atoms with Crippen molar-refractivity contribution in [1.29, 1.82) is 0 Å². The second-order valence-electron chi connectivity index (χ2n) is 7.45. The molecule has 0 fully saturated rings. The van der Waals surface area contributed by atoms with E-state index in [2.05, 4.69) is 5.32 Å². The Hall–Kier alpha value is -3.08. The maximum absolute atomic E-state index is 12.7. The number of anilines is 1. The third kappa shape index (κ3) is 3.52. The lowest BCUT2D eigenvalue weighted by Crippen LogP contribution is -2.33. The minimum Gasteiger partial charge on any atom is -0.459 e. The second kappa shape index (κ2) is 7.50. The van der Waals surface area contributed by atoms with E-state index in [1.807, 2.05) is 61.5 Å². The standard InChI is InChI=1S/C23H24N2O3/c1-15(21-14-17-8-4-6-10-20(17)28-21)25(2)22(26)12-11-18-13-16-7-3-5-9-19(16)24-23(18)27/h3-10,14-15,18H,11-13H2,1-2H3,(H,24,27). The van der Waals surface area contributed by atoms with Gasteiger partial charge < -0.3 is 14.6 Å². The van der Waals surface area contributed by atoms with E-state index < -0.39 is 0 Å². The van der Waals surface area contributed by atoms with E-state index in [0.717, 1.165) is 28.0 Å². The highest BCUT2D eigenvalue weighted by Crippen LogP contribution is 2.29. The van der Waals surface area contributed by atoms with Gasteiger partial charge in [0.25, 0.3) is 0 Å². The molecule has 144 valence electrons. The number of carbonyl (C=O) groups excluding carboxylic acids is 2. The van der Waals surface area contributed by atoms with E-state index in [4.69, 9.17) is 4.42 Å². The predicted molar refractivity (Wildman–Crippen MR) is 109 cm³/mol. The predicted octanol–water partition coefficient (Wildman–Crippen LogP) is 4.54. The van der Waals surface area contributed by atoms with Crippen LogP contribution in [0.4, 0.5) is 5.69 Å². The molecule has 0 bridgehead atoms. The molecule has 3 aromatic rings. The number of para-hydroxylation sites is 2. The topological polar surface area (TPSA) is 62.6 Å². The van der Waals surface area contributed by atoms with Crippen LogP contribution in [0, 0.1) is 5.92 Å². The molecule has 0 aliphatic carbocycles. The summed E-state index contributed by atoms with van der Waals surface area (Å²) in [4.78, 5) is 26.8. The molecule has 0 spiro atoms. The molecule has 2 amide bonds. The number of carbonyl (C=O) groups is 2. The summed E-state index contributed by atoms with van der Waals surface area (Å²) in [6, 6.07) is 17.5. The van der Waals surface area contributed by atoms with E-state index in [0.29, 0.717) is 19.3 Å². The Balaban J connectivity index is 1.38. The highest BCUT2D eigenvalue weighted by Gasteiger charge is 2.28. The Kier molecular flexibility index (Phi) is 4.90. The summed E-state index contributed by atoms with van der Waals surface area (Å²) in [6.45, 7) is 1.96. The zero-order valence-corrected chi connectivity index (χ0v) is 16.1. The largest absolute Gasteiger partial charge is 0.459 e. The summed E-state index contributed by atoms with van der Waals surface area (Å²) in [5.41, 5.74) is 2.83. The molecule has 4 rings (SSSR count). The number of nitrogens with one attached hydrogen (secondary N) is 1. The molecule has 2 aromatic carbocycles. The molecule has 5 heteroatoms. The number of amides is 2. The van der Waals surface area contributed by atoms with Crippen LogP contribution in [0.5, 0.6) is 0 Å². The van der Waals surface area contributed by atoms with E-state index >= 15 is 0 Å². The van der Waals surface area contributed by atoms with Gasteiger partial charge in [0.15, 0.2) is 0 Å². The van der Waals surface area contributed by atoms with Crippen molar-refractivity contribution in [2.75, 3.05) is 12.4 Å². The molecule has 0 radical (unpaired) electrons. The fourth-order valence-corrected chi connectivity index (χ4v) is 3.74. The number of hydrogen-bond acceptors (Lipinski definition) is 3. The molecule has 2 unspecified atom stereocenters. The first-order valence-electron chi connectivity index (χ1n) is 9.66. The SMILES string of the molecule is CC(c1cc2ccccc2o1)N(C)C(=O)CCC1Cc2ccccc2NC1=O. The minimum absolute atomic E-state index is 0.000476. The quantitative estimate of drug-likeness (QED) is 0.711. The lowest BCUT2D eigenvalue weighted by Gasteiger charge is -2.26. The van der Waals surface area contributed by atoms with Crippen molar-refractivity contribution in [3.63, 3.8) is 0 Å². The third-order valence-electron chi connectivity index (χ3n) is 5.65. The van der Waals surface area contributed by atoms with Crippen molar-refractivity contribution in [3.8, 4) is 0 Å². The van der Waals surface area contributed by atoms with Crippen LogP contribution in [0.25, 0.3) is 11.0 Å². The van der Waals surface area contributed by atoms with Gasteiger partial charge in [-0.15, -0.1) is 0 Å². The van der Waals surface area contributed by atoms with E-state index in [-0.39, 0.29) is 23.8 Å². The first-order chi connectivity index (χ1) is 13.5. The molecule has 1 N–H and O–H groups in total. The van der Waals surface area contributed by atoms with Crippen LogP contribution in [0.2, 0.25) is 0 Å². The molecule has 28 heavy (non-hydrogen) atoms. The van der Waals surface area contributed by atoms with Gasteiger partial charge in [0, 0.05) is 30.5 Å². The maximum atomic E-state index is 12.7. The fraction of sp³-hybridized carbons (Fsp3) is 0.304. The van der Waals surface area contributed by atoms with Crippen LogP contribution in [0.1, 0.15) is 37.1 Å². The average molecular weight is 376 g/mol. The average Bonchev–Trinajstić information content (AvgIpc) is 3.15. The Bertz CT molecular complexity index is 990. The van der Waals surface area contributed by atoms with Crippen molar-refractivity contribution in [3.05, 3.63) is 65.9 Å². The van der Waals surface area contributed by atoms with Crippen LogP contribution in [0.15, 0.2) is 59.0 Å². The number of benzene rings is 2. The molecule has 1 aliphatic rings. The van der Waals surface area contributed by atoms with Crippen LogP contribution in [-0.4, -0.2) is 23.8 Å². The first kappa shape index (κ1) is 18.3. The van der Waals surface area contributed by atoms with Crippen LogP contribution in [-0.2, 0) is 16.0 Å². The Morgan fingerprint density at radius 3 is 2.79 bits per heavy atom. The van der Waals surface area contributed by atoms with Gasteiger partial charge in [0.1, 0.15) is 11.3 Å². The lowest BCUT2D eigenvalue weighted by atomic mass is 9.89. The Morgan fingerprint density at radius 1 is 1.21 bits per heavy atom. The minimum atomic E-state index is -0.172. The monoisotopic (exact) mass is 376 g/mol. The van der Waals surface area contributed by atoms with E-state index in [1.54, 1.807) is 11.9 Å². The molecule has 2 heterocycles. The highest BCUT2D eigenvalue weighted by atomic mass is 16.3. The van der Waals surface area contributed by atoms with E-state index in [1.165, 1.54) is 0 Å². The Morgan fingerprint density at radius 2 is 1.96 bits per heavy atom. The van der Waals surface area contributed by atoms with Crippen molar-refractivity contribution in [1.82, 2.24) is 4.90 Å². The second-order valence-corrected chi connectivity index (χ2v) is 7.45. The summed E-state index contributed by atoms with van der Waals surface area (Å²) in [7, 11) is 1.79. The lowest BCUT2D eigenvalue weighted by molar-refractivity contribution is -0.132. The van der Waals surface area contributed by atoms with Gasteiger partial charge >= 0.3 is 0 Å². The first-order valence-corrected chi connectivity index (χ1v) is 9.66. The fourth-order valence-electron chi connectivity index (χ4n) is 3.74. The number of fused-ring (bicyclic) bond motifs is 2. The van der Waals surface area contributed by atoms with Crippen molar-refractivity contribution in [2.24, 2.45) is 5.92 Å². The van der Waals surface area contributed by atoms with Crippen molar-refractivity contribution < 1.29 is 14.0 Å². The number of hydrogen-bond donors (Lipinski definition) is 1. The van der Waals surface area contributed by atoms with Gasteiger partial charge in [-0.3, -0.25) is 9.59 Å². The molecule has 1 aromatic heterocycles. The smallest absolute Gasteiger partial charge is 0.227 e. The number of rotatable bonds is 5. The molecule has 0 saturated heterocycles.